The molecule has 2 N–H and O–H groups in total. The molecule has 3 atom stereocenters. The van der Waals surface area contributed by atoms with Crippen LogP contribution in [0.25, 0.3) is 0 Å². The second-order valence-corrected chi connectivity index (χ2v) is 6.51. The molecular weight excluding hydrogens is 284 g/mol. The highest BCUT2D eigenvalue weighted by Crippen LogP contribution is 2.23. The predicted octanol–water partition coefficient (Wildman–Crippen LogP) is 2.97. The van der Waals surface area contributed by atoms with Crippen LogP contribution in [0.3, 0.4) is 0 Å². The number of aliphatic hydroxyl groups excluding tert-OH is 1. The van der Waals surface area contributed by atoms with Gasteiger partial charge in [0, 0.05) is 25.2 Å². The largest absolute Gasteiger partial charge is 0.394 e. The van der Waals surface area contributed by atoms with Crippen LogP contribution in [0.5, 0.6) is 0 Å². The summed E-state index contributed by atoms with van der Waals surface area (Å²) in [6.45, 7) is 4.45. The lowest BCUT2D eigenvalue weighted by Gasteiger charge is -2.23. The van der Waals surface area contributed by atoms with E-state index in [9.17, 15) is 5.11 Å². The Kier molecular flexibility index (Phi) is 5.44. The van der Waals surface area contributed by atoms with Crippen molar-refractivity contribution in [2.75, 3.05) is 13.2 Å². The molecular formula is C20H26N2O. The molecule has 3 unspecified atom stereocenters. The molecule has 1 saturated heterocycles. The van der Waals surface area contributed by atoms with Gasteiger partial charge in [-0.2, -0.15) is 0 Å². The fourth-order valence-electron chi connectivity index (χ4n) is 3.48. The van der Waals surface area contributed by atoms with Crippen LogP contribution >= 0.6 is 0 Å². The van der Waals surface area contributed by atoms with E-state index in [1.165, 1.54) is 5.56 Å². The first-order valence-corrected chi connectivity index (χ1v) is 8.46. The van der Waals surface area contributed by atoms with Gasteiger partial charge in [-0.05, 0) is 24.5 Å². The number of likely N-dealkylation sites (tertiary alicyclic amines) is 1. The van der Waals surface area contributed by atoms with E-state index in [4.69, 9.17) is 0 Å². The minimum absolute atomic E-state index is 0.0186. The van der Waals surface area contributed by atoms with Crippen LogP contribution in [0.2, 0.25) is 0 Å². The Balaban J connectivity index is 1.59. The molecule has 23 heavy (non-hydrogen) atoms. The molecule has 0 amide bonds. The molecule has 2 aromatic carbocycles. The molecule has 0 aliphatic carbocycles. The highest BCUT2D eigenvalue weighted by molar-refractivity contribution is 5.19. The molecule has 0 spiro atoms. The first-order chi connectivity index (χ1) is 11.3. The zero-order valence-electron chi connectivity index (χ0n) is 13.7. The third kappa shape index (κ3) is 4.20. The van der Waals surface area contributed by atoms with E-state index in [1.54, 1.807) is 0 Å². The Morgan fingerprint density at radius 2 is 1.74 bits per heavy atom. The first kappa shape index (κ1) is 16.2. The normalized spacial score (nSPS) is 23.0. The third-order valence-electron chi connectivity index (χ3n) is 4.75. The maximum atomic E-state index is 9.73. The SMILES string of the molecule is CC1CC(NC(CO)c2ccccc2)CN1Cc1ccccc1. The van der Waals surface area contributed by atoms with E-state index in [0.717, 1.165) is 25.1 Å². The van der Waals surface area contributed by atoms with Crippen LogP contribution in [0.15, 0.2) is 60.7 Å². The van der Waals surface area contributed by atoms with E-state index >= 15 is 0 Å². The zero-order chi connectivity index (χ0) is 16.1. The predicted molar refractivity (Wildman–Crippen MR) is 94.1 cm³/mol. The fraction of sp³-hybridized carbons (Fsp3) is 0.400. The Hall–Kier alpha value is -1.68. The van der Waals surface area contributed by atoms with Crippen LogP contribution in [0.4, 0.5) is 0 Å². The third-order valence-corrected chi connectivity index (χ3v) is 4.75. The Bertz CT molecular complexity index is 587. The smallest absolute Gasteiger partial charge is 0.0626 e. The second-order valence-electron chi connectivity index (χ2n) is 6.51. The molecule has 2 aromatic rings. The van der Waals surface area contributed by atoms with Crippen molar-refractivity contribution in [2.45, 2.75) is 38.0 Å². The van der Waals surface area contributed by atoms with Gasteiger partial charge in [0.25, 0.3) is 0 Å². The zero-order valence-corrected chi connectivity index (χ0v) is 13.7. The number of rotatable bonds is 6. The van der Waals surface area contributed by atoms with Crippen molar-refractivity contribution in [3.63, 3.8) is 0 Å². The molecule has 1 aliphatic rings. The molecule has 1 heterocycles. The lowest BCUT2D eigenvalue weighted by atomic mass is 10.1. The molecule has 0 radical (unpaired) electrons. The van der Waals surface area contributed by atoms with Gasteiger partial charge in [-0.25, -0.2) is 0 Å². The number of aliphatic hydroxyl groups is 1. The van der Waals surface area contributed by atoms with Gasteiger partial charge in [-0.1, -0.05) is 60.7 Å². The minimum Gasteiger partial charge on any atom is -0.394 e. The summed E-state index contributed by atoms with van der Waals surface area (Å²) in [7, 11) is 0. The Morgan fingerprint density at radius 1 is 1.09 bits per heavy atom. The van der Waals surface area contributed by atoms with E-state index in [2.05, 4.69) is 59.6 Å². The summed E-state index contributed by atoms with van der Waals surface area (Å²) in [6, 6.07) is 21.9. The number of nitrogens with one attached hydrogen (secondary N) is 1. The molecule has 122 valence electrons. The molecule has 0 bridgehead atoms. The van der Waals surface area contributed by atoms with Crippen LogP contribution in [-0.4, -0.2) is 35.2 Å². The Labute approximate surface area is 139 Å². The first-order valence-electron chi connectivity index (χ1n) is 8.46. The van der Waals surface area contributed by atoms with E-state index in [0.29, 0.717) is 12.1 Å². The molecule has 0 aromatic heterocycles. The van der Waals surface area contributed by atoms with E-state index in [1.807, 2.05) is 18.2 Å². The van der Waals surface area contributed by atoms with Gasteiger partial charge in [0.2, 0.25) is 0 Å². The van der Waals surface area contributed by atoms with Crippen molar-refractivity contribution in [1.29, 1.82) is 0 Å². The van der Waals surface area contributed by atoms with Gasteiger partial charge >= 0.3 is 0 Å². The van der Waals surface area contributed by atoms with Crippen molar-refractivity contribution in [3.05, 3.63) is 71.8 Å². The highest BCUT2D eigenvalue weighted by Gasteiger charge is 2.30. The summed E-state index contributed by atoms with van der Waals surface area (Å²) < 4.78 is 0. The summed E-state index contributed by atoms with van der Waals surface area (Å²) in [5, 5.41) is 13.4. The molecule has 3 rings (SSSR count). The van der Waals surface area contributed by atoms with Gasteiger partial charge in [0.1, 0.15) is 0 Å². The van der Waals surface area contributed by atoms with E-state index < -0.39 is 0 Å². The molecule has 1 fully saturated rings. The average Bonchev–Trinajstić information content (AvgIpc) is 2.94. The van der Waals surface area contributed by atoms with Crippen LogP contribution in [0, 0.1) is 0 Å². The van der Waals surface area contributed by atoms with Crippen molar-refractivity contribution in [1.82, 2.24) is 10.2 Å². The molecule has 0 saturated carbocycles. The van der Waals surface area contributed by atoms with Crippen LogP contribution in [0.1, 0.15) is 30.5 Å². The fourth-order valence-corrected chi connectivity index (χ4v) is 3.48. The molecule has 3 heteroatoms. The van der Waals surface area contributed by atoms with Gasteiger partial charge in [-0.3, -0.25) is 4.90 Å². The maximum absolute atomic E-state index is 9.73. The van der Waals surface area contributed by atoms with Gasteiger partial charge in [-0.15, -0.1) is 0 Å². The monoisotopic (exact) mass is 310 g/mol. The standard InChI is InChI=1S/C20H26N2O/c1-16-12-19(14-22(16)13-17-8-4-2-5-9-17)21-20(15-23)18-10-6-3-7-11-18/h2-11,16,19-21,23H,12-15H2,1H3. The topological polar surface area (TPSA) is 35.5 Å². The summed E-state index contributed by atoms with van der Waals surface area (Å²) in [5.41, 5.74) is 2.52. The molecule has 3 nitrogen and oxygen atoms in total. The van der Waals surface area contributed by atoms with Crippen LogP contribution in [-0.2, 0) is 6.54 Å². The van der Waals surface area contributed by atoms with Gasteiger partial charge in [0.15, 0.2) is 0 Å². The van der Waals surface area contributed by atoms with Crippen molar-refractivity contribution in [3.8, 4) is 0 Å². The summed E-state index contributed by atoms with van der Waals surface area (Å²) in [4.78, 5) is 2.52. The summed E-state index contributed by atoms with van der Waals surface area (Å²) in [6.07, 6.45) is 1.12. The number of benzene rings is 2. The number of hydrogen-bond acceptors (Lipinski definition) is 3. The van der Waals surface area contributed by atoms with Crippen molar-refractivity contribution in [2.24, 2.45) is 0 Å². The lowest BCUT2D eigenvalue weighted by molar-refractivity contribution is 0.227. The Morgan fingerprint density at radius 3 is 2.39 bits per heavy atom. The summed E-state index contributed by atoms with van der Waals surface area (Å²) >= 11 is 0. The van der Waals surface area contributed by atoms with Gasteiger partial charge in [0.05, 0.1) is 12.6 Å². The average molecular weight is 310 g/mol. The number of nitrogens with zero attached hydrogens (tertiary/aromatic N) is 1. The van der Waals surface area contributed by atoms with Crippen molar-refractivity contribution < 1.29 is 5.11 Å². The van der Waals surface area contributed by atoms with Gasteiger partial charge < -0.3 is 10.4 Å². The lowest BCUT2D eigenvalue weighted by Crippen LogP contribution is -2.36. The minimum atomic E-state index is 0.0186. The second kappa shape index (κ2) is 7.73. The highest BCUT2D eigenvalue weighted by atomic mass is 16.3. The van der Waals surface area contributed by atoms with Crippen molar-refractivity contribution >= 4 is 0 Å². The molecule has 1 aliphatic heterocycles. The summed E-state index contributed by atoms with van der Waals surface area (Å²) in [5.74, 6) is 0. The maximum Gasteiger partial charge on any atom is 0.0626 e. The van der Waals surface area contributed by atoms with E-state index in [-0.39, 0.29) is 12.6 Å². The quantitative estimate of drug-likeness (QED) is 0.861. The van der Waals surface area contributed by atoms with Crippen LogP contribution < -0.4 is 5.32 Å². The number of hydrogen-bond donors (Lipinski definition) is 2.